The minimum absolute atomic E-state index is 2.27. The van der Waals surface area contributed by atoms with Crippen molar-refractivity contribution in [2.24, 2.45) is 5.14 Å². The third-order valence-corrected chi connectivity index (χ3v) is 0.441. The van der Waals surface area contributed by atoms with E-state index in [0.29, 0.717) is 0 Å². The van der Waals surface area contributed by atoms with Crippen LogP contribution in [-0.2, 0) is 10.2 Å². The van der Waals surface area contributed by atoms with Gasteiger partial charge in [0.25, 0.3) is 6.57 Å². The van der Waals surface area contributed by atoms with E-state index in [1.54, 1.807) is 0 Å². The summed E-state index contributed by atoms with van der Waals surface area (Å²) in [6.45, 7) is 4.22. The second-order valence-corrected chi connectivity index (χ2v) is 1.86. The van der Waals surface area contributed by atoms with Crippen molar-refractivity contribution < 1.29 is 8.42 Å². The standard InChI is InChI=1S/CH3N2O2S/c1-3-6(2,4)5/h1H,(H2,2,4,5)/q+1. The second-order valence-electron chi connectivity index (χ2n) is 0.620. The highest BCUT2D eigenvalue weighted by atomic mass is 32.2. The topological polar surface area (TPSA) is 64.5 Å². The molecule has 0 aromatic heterocycles. The van der Waals surface area contributed by atoms with Gasteiger partial charge in [0.2, 0.25) is 0 Å². The molecule has 0 aliphatic heterocycles. The van der Waals surface area contributed by atoms with Gasteiger partial charge in [0.05, 0.1) is 4.25 Å². The summed E-state index contributed by atoms with van der Waals surface area (Å²) in [6.07, 6.45) is 0. The normalized spacial score (nSPS) is 10.0. The summed E-state index contributed by atoms with van der Waals surface area (Å²) < 4.78 is 21.2. The Kier molecular flexibility index (Phi) is 1.12. The van der Waals surface area contributed by atoms with Crippen molar-refractivity contribution in [3.8, 4) is 6.57 Å². The molecule has 0 saturated carbocycles. The molecule has 0 aromatic carbocycles. The molecule has 0 aliphatic carbocycles. The Morgan fingerprint density at radius 1 is 1.67 bits per heavy atom. The van der Waals surface area contributed by atoms with Crippen molar-refractivity contribution in [1.29, 1.82) is 0 Å². The first-order chi connectivity index (χ1) is 2.56. The minimum Gasteiger partial charge on any atom is -0.157 e. The Labute approximate surface area is 35.6 Å². The van der Waals surface area contributed by atoms with Crippen LogP contribution in [0.3, 0.4) is 0 Å². The Balaban J connectivity index is 4.41. The molecule has 0 fully saturated rings. The molecule has 0 saturated heterocycles. The van der Waals surface area contributed by atoms with Crippen LogP contribution in [0.25, 0.3) is 4.25 Å². The zero-order valence-electron chi connectivity index (χ0n) is 2.83. The average Bonchev–Trinajstić information content (AvgIpc) is 1.35. The zero-order chi connectivity index (χ0) is 5.21. The maximum Gasteiger partial charge on any atom is 0.555 e. The maximum absolute atomic E-state index is 9.49. The molecule has 0 aliphatic rings. The van der Waals surface area contributed by atoms with E-state index >= 15 is 0 Å². The number of hydrogen-bond donors (Lipinski definition) is 1. The van der Waals surface area contributed by atoms with Crippen molar-refractivity contribution in [1.82, 2.24) is 0 Å². The van der Waals surface area contributed by atoms with Crippen LogP contribution < -0.4 is 5.14 Å². The third-order valence-electron chi connectivity index (χ3n) is 0.147. The van der Waals surface area contributed by atoms with Crippen LogP contribution in [0.15, 0.2) is 0 Å². The molecule has 0 amide bonds. The van der Waals surface area contributed by atoms with Gasteiger partial charge in [-0.25, -0.2) is 0 Å². The van der Waals surface area contributed by atoms with Gasteiger partial charge in [-0.2, -0.15) is 5.14 Å². The van der Waals surface area contributed by atoms with Crippen LogP contribution in [0.4, 0.5) is 0 Å². The summed E-state index contributed by atoms with van der Waals surface area (Å²) in [7, 11) is -3.76. The van der Waals surface area contributed by atoms with Crippen molar-refractivity contribution in [2.45, 2.75) is 0 Å². The Bertz CT molecular complexity index is 160. The first-order valence-electron chi connectivity index (χ1n) is 1.01. The predicted molar refractivity (Wildman–Crippen MR) is 21.4 cm³/mol. The van der Waals surface area contributed by atoms with Gasteiger partial charge in [-0.05, 0) is 0 Å². The van der Waals surface area contributed by atoms with Crippen molar-refractivity contribution in [3.63, 3.8) is 0 Å². The van der Waals surface area contributed by atoms with E-state index in [4.69, 9.17) is 0 Å². The molecule has 0 aromatic rings. The van der Waals surface area contributed by atoms with Crippen LogP contribution in [0, 0.1) is 6.57 Å². The van der Waals surface area contributed by atoms with Crippen LogP contribution in [0.5, 0.6) is 0 Å². The summed E-state index contributed by atoms with van der Waals surface area (Å²) in [4.78, 5) is 0. The van der Waals surface area contributed by atoms with E-state index in [-0.39, 0.29) is 0 Å². The molecule has 0 atom stereocenters. The van der Waals surface area contributed by atoms with E-state index in [2.05, 4.69) is 16.0 Å². The lowest BCUT2D eigenvalue weighted by Gasteiger charge is -1.55. The molecule has 2 N–H and O–H groups in total. The lowest BCUT2D eigenvalue weighted by Crippen LogP contribution is -2.03. The van der Waals surface area contributed by atoms with E-state index in [9.17, 15) is 8.42 Å². The molecule has 0 heterocycles. The molecule has 6 heavy (non-hydrogen) atoms. The van der Waals surface area contributed by atoms with Crippen LogP contribution in [0.2, 0.25) is 0 Å². The van der Waals surface area contributed by atoms with Gasteiger partial charge in [-0.3, -0.25) is 0 Å². The molecule has 0 radical (unpaired) electrons. The van der Waals surface area contributed by atoms with Gasteiger partial charge < -0.3 is 0 Å². The Morgan fingerprint density at radius 3 is 1.83 bits per heavy atom. The van der Waals surface area contributed by atoms with Crippen molar-refractivity contribution in [3.05, 3.63) is 4.25 Å². The fraction of sp³-hybridized carbons (Fsp3) is 0. The third kappa shape index (κ3) is 3.40. The molecule has 0 bridgehead atoms. The fourth-order valence-corrected chi connectivity index (χ4v) is 0. The summed E-state index contributed by atoms with van der Waals surface area (Å²) in [5, 5.41) is 4.22. The molecule has 0 spiro atoms. The summed E-state index contributed by atoms with van der Waals surface area (Å²) >= 11 is 0. The number of rotatable bonds is 0. The Hall–Kier alpha value is -0.600. The average molecular weight is 107 g/mol. The van der Waals surface area contributed by atoms with Gasteiger partial charge in [0.1, 0.15) is 0 Å². The molecular formula is CH3N2O2S+. The van der Waals surface area contributed by atoms with E-state index in [1.807, 2.05) is 0 Å². The van der Waals surface area contributed by atoms with Gasteiger partial charge in [0.15, 0.2) is 0 Å². The summed E-state index contributed by atoms with van der Waals surface area (Å²) in [6, 6.07) is 0. The van der Waals surface area contributed by atoms with Gasteiger partial charge >= 0.3 is 10.2 Å². The first-order valence-corrected chi connectivity index (χ1v) is 2.51. The smallest absolute Gasteiger partial charge is 0.157 e. The van der Waals surface area contributed by atoms with Crippen LogP contribution >= 0.6 is 0 Å². The number of nitrogens with zero attached hydrogens (tertiary/aromatic N) is 1. The van der Waals surface area contributed by atoms with E-state index < -0.39 is 10.2 Å². The van der Waals surface area contributed by atoms with E-state index in [0.717, 1.165) is 0 Å². The van der Waals surface area contributed by atoms with Crippen molar-refractivity contribution >= 4 is 10.2 Å². The molecule has 34 valence electrons. The molecule has 0 rings (SSSR count). The molecule has 5 heteroatoms. The minimum atomic E-state index is -3.76. The van der Waals surface area contributed by atoms with E-state index in [1.165, 1.54) is 0 Å². The van der Waals surface area contributed by atoms with Crippen molar-refractivity contribution in [2.75, 3.05) is 0 Å². The van der Waals surface area contributed by atoms with Gasteiger partial charge in [-0.1, -0.05) is 0 Å². The lowest BCUT2D eigenvalue weighted by atomic mass is 11.9. The zero-order valence-corrected chi connectivity index (χ0v) is 3.64. The monoisotopic (exact) mass is 107 g/mol. The van der Waals surface area contributed by atoms with Crippen LogP contribution in [-0.4, -0.2) is 8.42 Å². The SMILES string of the molecule is C#[N+]S(N)(=O)=O. The molecule has 0 unspecified atom stereocenters. The number of hydrogen-bond acceptors (Lipinski definition) is 2. The quantitative estimate of drug-likeness (QED) is 0.438. The maximum atomic E-state index is 9.49. The molecular weight excluding hydrogens is 104 g/mol. The second kappa shape index (κ2) is 1.24. The highest BCUT2D eigenvalue weighted by Gasteiger charge is 2.04. The molecule has 4 nitrogen and oxygen atoms in total. The summed E-state index contributed by atoms with van der Waals surface area (Å²) in [5.41, 5.74) is 0. The lowest BCUT2D eigenvalue weighted by molar-refractivity contribution is 0.606. The largest absolute Gasteiger partial charge is 0.555 e. The fourth-order valence-electron chi connectivity index (χ4n) is 0. The van der Waals surface area contributed by atoms with Gasteiger partial charge in [-0.15, -0.1) is 8.42 Å². The predicted octanol–water partition coefficient (Wildman–Crippen LogP) is -0.847. The van der Waals surface area contributed by atoms with Crippen LogP contribution in [0.1, 0.15) is 0 Å². The Morgan fingerprint density at radius 2 is 1.83 bits per heavy atom. The number of nitrogens with two attached hydrogens (primary N) is 1. The summed E-state index contributed by atoms with van der Waals surface area (Å²) in [5.74, 6) is 0. The first kappa shape index (κ1) is 5.40. The highest BCUT2D eigenvalue weighted by molar-refractivity contribution is 7.91. The highest BCUT2D eigenvalue weighted by Crippen LogP contribution is 1.69. The van der Waals surface area contributed by atoms with Gasteiger partial charge in [0, 0.05) is 0 Å².